The number of primary amides is 1. The Morgan fingerprint density at radius 3 is 2.35 bits per heavy atom. The van der Waals surface area contributed by atoms with E-state index in [-0.39, 0.29) is 18.9 Å². The number of carbonyl (C=O) groups is 4. The fourth-order valence-corrected chi connectivity index (χ4v) is 3.31. The maximum atomic E-state index is 12.5. The molecule has 0 unspecified atom stereocenters. The maximum Gasteiger partial charge on any atom is 0.312 e. The third-order valence-corrected chi connectivity index (χ3v) is 5.21. The molecule has 3 N–H and O–H groups in total. The lowest BCUT2D eigenvalue weighted by atomic mass is 10.1. The van der Waals surface area contributed by atoms with Crippen molar-refractivity contribution in [2.75, 3.05) is 16.8 Å². The van der Waals surface area contributed by atoms with Crippen molar-refractivity contribution in [3.63, 3.8) is 0 Å². The summed E-state index contributed by atoms with van der Waals surface area (Å²) >= 11 is 0. The number of carbonyl (C=O) groups excluding carboxylic acids is 4. The average molecular weight is 423 g/mol. The van der Waals surface area contributed by atoms with Crippen LogP contribution in [-0.2, 0) is 25.5 Å². The summed E-state index contributed by atoms with van der Waals surface area (Å²) in [5.74, 6) is -2.47. The summed E-state index contributed by atoms with van der Waals surface area (Å²) < 4.78 is 5.30. The van der Waals surface area contributed by atoms with Crippen molar-refractivity contribution in [2.45, 2.75) is 32.8 Å². The molecule has 8 nitrogen and oxygen atoms in total. The van der Waals surface area contributed by atoms with Crippen molar-refractivity contribution in [3.8, 4) is 0 Å². The molecule has 0 saturated carbocycles. The van der Waals surface area contributed by atoms with Gasteiger partial charge in [-0.25, -0.2) is 0 Å². The van der Waals surface area contributed by atoms with Crippen molar-refractivity contribution >= 4 is 35.1 Å². The first-order valence-electron chi connectivity index (χ1n) is 10.1. The molecular formula is C23H25N3O5. The molecule has 31 heavy (non-hydrogen) atoms. The second-order valence-corrected chi connectivity index (χ2v) is 7.44. The second kappa shape index (κ2) is 9.42. The van der Waals surface area contributed by atoms with Gasteiger partial charge in [0.2, 0.25) is 11.8 Å². The maximum absolute atomic E-state index is 12.5. The minimum atomic E-state index is -1.05. The number of nitrogens with zero attached hydrogens (tertiary/aromatic N) is 1. The summed E-state index contributed by atoms with van der Waals surface area (Å²) in [6.45, 7) is 3.73. The third-order valence-electron chi connectivity index (χ3n) is 5.21. The van der Waals surface area contributed by atoms with E-state index in [1.54, 1.807) is 4.90 Å². The lowest BCUT2D eigenvalue weighted by Crippen LogP contribution is -2.33. The van der Waals surface area contributed by atoms with Gasteiger partial charge in [-0.05, 0) is 55.3 Å². The summed E-state index contributed by atoms with van der Waals surface area (Å²) in [5.41, 5.74) is 7.84. The Kier molecular flexibility index (Phi) is 6.69. The highest BCUT2D eigenvalue weighted by Gasteiger charge is 2.37. The molecule has 2 aromatic carbocycles. The van der Waals surface area contributed by atoms with E-state index < -0.39 is 29.8 Å². The Hall–Kier alpha value is -3.68. The summed E-state index contributed by atoms with van der Waals surface area (Å²) in [6.07, 6.45) is -0.105. The molecule has 1 fully saturated rings. The lowest BCUT2D eigenvalue weighted by molar-refractivity contribution is -0.157. The van der Waals surface area contributed by atoms with Gasteiger partial charge in [-0.3, -0.25) is 19.2 Å². The normalized spacial score (nSPS) is 16.6. The van der Waals surface area contributed by atoms with Gasteiger partial charge in [-0.15, -0.1) is 0 Å². The molecule has 0 bridgehead atoms. The first-order chi connectivity index (χ1) is 14.8. The van der Waals surface area contributed by atoms with Crippen molar-refractivity contribution < 1.29 is 23.9 Å². The van der Waals surface area contributed by atoms with Crippen LogP contribution in [0.15, 0.2) is 48.5 Å². The van der Waals surface area contributed by atoms with Crippen molar-refractivity contribution in [1.82, 2.24) is 0 Å². The molecule has 1 saturated heterocycles. The summed E-state index contributed by atoms with van der Waals surface area (Å²) in [6, 6.07) is 13.7. The number of aryl methyl sites for hydroxylation is 1. The Balaban J connectivity index is 1.55. The highest BCUT2D eigenvalue weighted by Crippen LogP contribution is 2.26. The first-order valence-corrected chi connectivity index (χ1v) is 10.1. The number of nitrogens with two attached hydrogens (primary N) is 1. The molecule has 0 spiro atoms. The van der Waals surface area contributed by atoms with Crippen LogP contribution in [0.5, 0.6) is 0 Å². The average Bonchev–Trinajstić information content (AvgIpc) is 3.15. The van der Waals surface area contributed by atoms with E-state index in [0.717, 1.165) is 17.7 Å². The van der Waals surface area contributed by atoms with Gasteiger partial charge < -0.3 is 20.7 Å². The van der Waals surface area contributed by atoms with E-state index in [0.29, 0.717) is 11.3 Å². The van der Waals surface area contributed by atoms with Crippen LogP contribution in [0.4, 0.5) is 11.4 Å². The number of esters is 1. The standard InChI is InChI=1S/C23H25N3O5/c1-3-15-4-10-19(11-5-15)26-13-17(12-20(26)27)23(30)31-14(2)22(29)25-18-8-6-16(7-9-18)21(24)28/h4-11,14,17H,3,12-13H2,1-2H3,(H2,24,28)(H,25,29)/t14-,17-/m0/s1. The molecule has 0 aliphatic carbocycles. The first kappa shape index (κ1) is 22.0. The summed E-state index contributed by atoms with van der Waals surface area (Å²) in [5, 5.41) is 2.61. The molecule has 0 aromatic heterocycles. The predicted octanol–water partition coefficient (Wildman–Crippen LogP) is 2.27. The van der Waals surface area contributed by atoms with E-state index >= 15 is 0 Å². The zero-order valence-electron chi connectivity index (χ0n) is 17.5. The van der Waals surface area contributed by atoms with Crippen LogP contribution in [-0.4, -0.2) is 36.3 Å². The Morgan fingerprint density at radius 1 is 1.13 bits per heavy atom. The van der Waals surface area contributed by atoms with Crippen LogP contribution in [0.3, 0.4) is 0 Å². The Bertz CT molecular complexity index is 985. The lowest BCUT2D eigenvalue weighted by Gasteiger charge is -2.18. The number of ether oxygens (including phenoxy) is 1. The van der Waals surface area contributed by atoms with Gasteiger partial charge in [0.1, 0.15) is 0 Å². The van der Waals surface area contributed by atoms with E-state index in [2.05, 4.69) is 12.2 Å². The highest BCUT2D eigenvalue weighted by atomic mass is 16.5. The van der Waals surface area contributed by atoms with Crippen LogP contribution in [0.2, 0.25) is 0 Å². The van der Waals surface area contributed by atoms with Gasteiger partial charge in [0, 0.05) is 29.9 Å². The number of rotatable bonds is 7. The Morgan fingerprint density at radius 2 is 1.77 bits per heavy atom. The molecule has 0 radical (unpaired) electrons. The number of anilines is 2. The van der Waals surface area contributed by atoms with Crippen molar-refractivity contribution in [1.29, 1.82) is 0 Å². The molecule has 3 amide bonds. The van der Waals surface area contributed by atoms with E-state index in [1.165, 1.54) is 31.2 Å². The fraction of sp³-hybridized carbons (Fsp3) is 0.304. The van der Waals surface area contributed by atoms with Crippen molar-refractivity contribution in [3.05, 3.63) is 59.7 Å². The van der Waals surface area contributed by atoms with E-state index in [4.69, 9.17) is 10.5 Å². The van der Waals surface area contributed by atoms with Crippen LogP contribution < -0.4 is 16.0 Å². The molecule has 1 aliphatic heterocycles. The van der Waals surface area contributed by atoms with Crippen LogP contribution >= 0.6 is 0 Å². The molecule has 3 rings (SSSR count). The van der Waals surface area contributed by atoms with Gasteiger partial charge in [0.15, 0.2) is 6.10 Å². The number of nitrogens with one attached hydrogen (secondary N) is 1. The molecule has 2 atom stereocenters. The largest absolute Gasteiger partial charge is 0.452 e. The number of amides is 3. The minimum absolute atomic E-state index is 0.0390. The summed E-state index contributed by atoms with van der Waals surface area (Å²) in [4.78, 5) is 49.9. The van der Waals surface area contributed by atoms with Crippen LogP contribution in [0, 0.1) is 5.92 Å². The zero-order valence-corrected chi connectivity index (χ0v) is 17.5. The topological polar surface area (TPSA) is 119 Å². The summed E-state index contributed by atoms with van der Waals surface area (Å²) in [7, 11) is 0. The monoisotopic (exact) mass is 423 g/mol. The van der Waals surface area contributed by atoms with Gasteiger partial charge in [0.05, 0.1) is 5.92 Å². The van der Waals surface area contributed by atoms with Gasteiger partial charge >= 0.3 is 5.97 Å². The Labute approximate surface area is 180 Å². The molecule has 162 valence electrons. The molecular weight excluding hydrogens is 398 g/mol. The smallest absolute Gasteiger partial charge is 0.312 e. The number of hydrogen-bond acceptors (Lipinski definition) is 5. The second-order valence-electron chi connectivity index (χ2n) is 7.44. The van der Waals surface area contributed by atoms with E-state index in [9.17, 15) is 19.2 Å². The number of benzene rings is 2. The van der Waals surface area contributed by atoms with Gasteiger partial charge in [0.25, 0.3) is 5.91 Å². The predicted molar refractivity (Wildman–Crippen MR) is 115 cm³/mol. The van der Waals surface area contributed by atoms with Crippen LogP contribution in [0.1, 0.15) is 36.2 Å². The van der Waals surface area contributed by atoms with E-state index in [1.807, 2.05) is 24.3 Å². The SMILES string of the molecule is CCc1ccc(N2C[C@@H](C(=O)O[C@@H](C)C(=O)Nc3ccc(C(N)=O)cc3)CC2=O)cc1. The van der Waals surface area contributed by atoms with Crippen molar-refractivity contribution in [2.24, 2.45) is 11.7 Å². The third kappa shape index (κ3) is 5.28. The van der Waals surface area contributed by atoms with Gasteiger partial charge in [-0.1, -0.05) is 19.1 Å². The quantitative estimate of drug-likeness (QED) is 0.662. The fourth-order valence-electron chi connectivity index (χ4n) is 3.31. The molecule has 2 aromatic rings. The zero-order chi connectivity index (χ0) is 22.5. The number of hydrogen-bond donors (Lipinski definition) is 2. The van der Waals surface area contributed by atoms with Gasteiger partial charge in [-0.2, -0.15) is 0 Å². The molecule has 8 heteroatoms. The molecule has 1 heterocycles. The van der Waals surface area contributed by atoms with Crippen LogP contribution in [0.25, 0.3) is 0 Å². The highest BCUT2D eigenvalue weighted by molar-refractivity contribution is 6.00. The molecule has 1 aliphatic rings. The minimum Gasteiger partial charge on any atom is -0.452 e.